The first-order valence-corrected chi connectivity index (χ1v) is 8.46. The molecular formula is C18H22N6. The Hall–Kier alpha value is -2.63. The van der Waals surface area contributed by atoms with E-state index >= 15 is 0 Å². The Bertz CT molecular complexity index is 861. The van der Waals surface area contributed by atoms with Crippen LogP contribution in [0, 0.1) is 5.92 Å². The molecule has 1 aliphatic rings. The Morgan fingerprint density at radius 2 is 2.29 bits per heavy atom. The molecule has 4 heterocycles. The van der Waals surface area contributed by atoms with E-state index in [9.17, 15) is 0 Å². The van der Waals surface area contributed by atoms with Gasteiger partial charge in [-0.2, -0.15) is 10.2 Å². The number of aromatic nitrogens is 4. The Labute approximate surface area is 141 Å². The van der Waals surface area contributed by atoms with E-state index in [2.05, 4.69) is 56.0 Å². The van der Waals surface area contributed by atoms with Crippen LogP contribution in [0.1, 0.15) is 26.3 Å². The van der Waals surface area contributed by atoms with Gasteiger partial charge in [0.2, 0.25) is 0 Å². The average Bonchev–Trinajstić information content (AvgIpc) is 3.32. The summed E-state index contributed by atoms with van der Waals surface area (Å²) in [7, 11) is 0. The van der Waals surface area contributed by atoms with Gasteiger partial charge in [-0.15, -0.1) is 0 Å². The van der Waals surface area contributed by atoms with E-state index in [1.807, 2.05) is 30.9 Å². The van der Waals surface area contributed by atoms with E-state index in [0.29, 0.717) is 12.0 Å². The summed E-state index contributed by atoms with van der Waals surface area (Å²) in [6.07, 6.45) is 10.9. The number of hydrogen-bond donors (Lipinski definition) is 1. The summed E-state index contributed by atoms with van der Waals surface area (Å²) >= 11 is 0. The van der Waals surface area contributed by atoms with Crippen molar-refractivity contribution in [1.82, 2.24) is 24.8 Å². The molecule has 1 aliphatic heterocycles. The topological polar surface area (TPSA) is 62.1 Å². The third-order valence-electron chi connectivity index (χ3n) is 4.61. The first kappa shape index (κ1) is 14.9. The molecule has 0 bridgehead atoms. The van der Waals surface area contributed by atoms with Crippen molar-refractivity contribution in [3.05, 3.63) is 36.9 Å². The lowest BCUT2D eigenvalue weighted by Gasteiger charge is -2.18. The monoisotopic (exact) mass is 322 g/mol. The molecule has 2 atom stereocenters. The third kappa shape index (κ3) is 2.79. The molecule has 0 aromatic carbocycles. The van der Waals surface area contributed by atoms with Crippen molar-refractivity contribution in [2.45, 2.75) is 26.3 Å². The van der Waals surface area contributed by atoms with Gasteiger partial charge in [0.15, 0.2) is 0 Å². The molecule has 0 saturated carbocycles. The highest BCUT2D eigenvalue weighted by Crippen LogP contribution is 2.27. The van der Waals surface area contributed by atoms with Crippen LogP contribution in [-0.4, -0.2) is 44.1 Å². The van der Waals surface area contributed by atoms with Crippen LogP contribution in [0.15, 0.2) is 42.0 Å². The molecule has 3 aromatic rings. The zero-order valence-electron chi connectivity index (χ0n) is 14.1. The summed E-state index contributed by atoms with van der Waals surface area (Å²) in [4.78, 5) is 7.50. The number of pyridine rings is 1. The first-order chi connectivity index (χ1) is 11.7. The maximum Gasteiger partial charge on any atom is 0.137 e. The number of nitrogens with zero attached hydrogens (tertiary/aromatic N) is 5. The van der Waals surface area contributed by atoms with Crippen LogP contribution in [0.25, 0.3) is 22.2 Å². The fourth-order valence-electron chi connectivity index (χ4n) is 3.18. The van der Waals surface area contributed by atoms with Crippen molar-refractivity contribution in [2.24, 2.45) is 11.0 Å². The highest BCUT2D eigenvalue weighted by Gasteiger charge is 2.15. The van der Waals surface area contributed by atoms with Crippen molar-refractivity contribution >= 4 is 17.2 Å². The summed E-state index contributed by atoms with van der Waals surface area (Å²) in [5.74, 6) is 0.562. The molecule has 0 aliphatic carbocycles. The molecule has 6 heteroatoms. The number of hydrogen-bond acceptors (Lipinski definition) is 4. The molecule has 0 spiro atoms. The number of nitrogens with one attached hydrogen (secondary N) is 1. The Morgan fingerprint density at radius 1 is 1.38 bits per heavy atom. The molecule has 124 valence electrons. The van der Waals surface area contributed by atoms with E-state index in [0.717, 1.165) is 41.7 Å². The largest absolute Gasteiger partial charge is 0.346 e. The number of rotatable bonds is 5. The SMILES string of the molecule is CC1C=NN(CCC(C)n2cc(-c3ccnc4[nH]ccc34)cn2)C1. The lowest BCUT2D eigenvalue weighted by Crippen LogP contribution is -2.21. The smallest absolute Gasteiger partial charge is 0.137 e. The standard InChI is InChI=1S/C18H22N6/c1-13-9-21-23(11-13)8-5-14(2)24-12-15(10-22-24)16-3-6-19-18-17(16)4-7-20-18/h3-4,6-7,9-10,12-14H,5,8,11H2,1-2H3,(H,19,20). The molecular weight excluding hydrogens is 300 g/mol. The second-order valence-corrected chi connectivity index (χ2v) is 6.60. The maximum atomic E-state index is 4.57. The van der Waals surface area contributed by atoms with E-state index in [4.69, 9.17) is 0 Å². The zero-order chi connectivity index (χ0) is 16.5. The summed E-state index contributed by atoms with van der Waals surface area (Å²) < 4.78 is 2.05. The minimum atomic E-state index is 0.341. The van der Waals surface area contributed by atoms with E-state index in [-0.39, 0.29) is 0 Å². The van der Waals surface area contributed by atoms with Gasteiger partial charge in [-0.25, -0.2) is 4.98 Å². The van der Waals surface area contributed by atoms with Crippen LogP contribution in [0.4, 0.5) is 0 Å². The van der Waals surface area contributed by atoms with Crippen molar-refractivity contribution in [1.29, 1.82) is 0 Å². The number of aromatic amines is 1. The molecule has 3 aromatic heterocycles. The molecule has 0 radical (unpaired) electrons. The second-order valence-electron chi connectivity index (χ2n) is 6.60. The normalized spacial score (nSPS) is 18.6. The Kier molecular flexibility index (Phi) is 3.80. The van der Waals surface area contributed by atoms with Crippen LogP contribution in [-0.2, 0) is 0 Å². The van der Waals surface area contributed by atoms with Gasteiger partial charge < -0.3 is 4.98 Å². The van der Waals surface area contributed by atoms with Gasteiger partial charge >= 0.3 is 0 Å². The van der Waals surface area contributed by atoms with Crippen molar-refractivity contribution in [2.75, 3.05) is 13.1 Å². The highest BCUT2D eigenvalue weighted by atomic mass is 15.5. The van der Waals surface area contributed by atoms with Gasteiger partial charge in [-0.1, -0.05) is 6.92 Å². The van der Waals surface area contributed by atoms with Crippen LogP contribution < -0.4 is 0 Å². The molecule has 2 unspecified atom stereocenters. The van der Waals surface area contributed by atoms with Crippen LogP contribution in [0.2, 0.25) is 0 Å². The van der Waals surface area contributed by atoms with Gasteiger partial charge in [-0.05, 0) is 31.0 Å². The van der Waals surface area contributed by atoms with Gasteiger partial charge in [0, 0.05) is 54.8 Å². The fraction of sp³-hybridized carbons (Fsp3) is 0.389. The lowest BCUT2D eigenvalue weighted by atomic mass is 10.1. The third-order valence-corrected chi connectivity index (χ3v) is 4.61. The van der Waals surface area contributed by atoms with Crippen molar-refractivity contribution < 1.29 is 0 Å². The predicted molar refractivity (Wildman–Crippen MR) is 95.9 cm³/mol. The van der Waals surface area contributed by atoms with Crippen LogP contribution in [0.5, 0.6) is 0 Å². The molecule has 0 amide bonds. The summed E-state index contributed by atoms with van der Waals surface area (Å²) in [6.45, 7) is 6.40. The van der Waals surface area contributed by atoms with E-state index in [1.165, 1.54) is 0 Å². The molecule has 1 N–H and O–H groups in total. The number of H-pyrrole nitrogens is 1. The summed E-state index contributed by atoms with van der Waals surface area (Å²) in [6, 6.07) is 4.45. The minimum Gasteiger partial charge on any atom is -0.346 e. The highest BCUT2D eigenvalue weighted by molar-refractivity contribution is 5.92. The van der Waals surface area contributed by atoms with Crippen molar-refractivity contribution in [3.8, 4) is 11.1 Å². The quantitative estimate of drug-likeness (QED) is 0.784. The Morgan fingerprint density at radius 3 is 3.12 bits per heavy atom. The zero-order valence-corrected chi connectivity index (χ0v) is 14.1. The number of hydrazone groups is 1. The molecule has 4 rings (SSSR count). The van der Waals surface area contributed by atoms with Crippen LogP contribution in [0.3, 0.4) is 0 Å². The van der Waals surface area contributed by atoms with Gasteiger partial charge in [0.25, 0.3) is 0 Å². The van der Waals surface area contributed by atoms with Gasteiger partial charge in [0.05, 0.1) is 12.2 Å². The molecule has 6 nitrogen and oxygen atoms in total. The first-order valence-electron chi connectivity index (χ1n) is 8.46. The summed E-state index contributed by atoms with van der Waals surface area (Å²) in [5, 5.41) is 12.3. The van der Waals surface area contributed by atoms with Crippen LogP contribution >= 0.6 is 0 Å². The molecule has 0 saturated heterocycles. The summed E-state index contributed by atoms with van der Waals surface area (Å²) in [5.41, 5.74) is 3.20. The fourth-order valence-corrected chi connectivity index (χ4v) is 3.18. The van der Waals surface area contributed by atoms with Gasteiger partial charge in [0.1, 0.15) is 5.65 Å². The van der Waals surface area contributed by atoms with Crippen molar-refractivity contribution in [3.63, 3.8) is 0 Å². The predicted octanol–water partition coefficient (Wildman–Crippen LogP) is 3.32. The molecule has 0 fully saturated rings. The molecule has 24 heavy (non-hydrogen) atoms. The average molecular weight is 322 g/mol. The van der Waals surface area contributed by atoms with Gasteiger partial charge in [-0.3, -0.25) is 9.69 Å². The maximum absolute atomic E-state index is 4.57. The lowest BCUT2D eigenvalue weighted by molar-refractivity contribution is 0.272. The van der Waals surface area contributed by atoms with E-state index < -0.39 is 0 Å². The van der Waals surface area contributed by atoms with E-state index in [1.54, 1.807) is 0 Å². The number of fused-ring (bicyclic) bond motifs is 1. The second kappa shape index (κ2) is 6.11. The minimum absolute atomic E-state index is 0.341. The Balaban J connectivity index is 1.48.